The van der Waals surface area contributed by atoms with Crippen LogP contribution in [0.25, 0.3) is 0 Å². The van der Waals surface area contributed by atoms with Gasteiger partial charge >= 0.3 is 0 Å². The maximum absolute atomic E-state index is 13.5. The van der Waals surface area contributed by atoms with Crippen molar-refractivity contribution in [2.24, 2.45) is 0 Å². The summed E-state index contributed by atoms with van der Waals surface area (Å²) < 4.78 is 18.6. The van der Waals surface area contributed by atoms with Crippen LogP contribution in [0, 0.1) is 0 Å². The molecule has 3 heteroatoms. The van der Waals surface area contributed by atoms with Crippen molar-refractivity contribution in [2.45, 2.75) is 25.1 Å². The highest BCUT2D eigenvalue weighted by Crippen LogP contribution is 2.33. The van der Waals surface area contributed by atoms with Gasteiger partial charge in [0.05, 0.1) is 12.7 Å². The molecule has 1 saturated heterocycles. The Morgan fingerprint density at radius 2 is 2.29 bits per heavy atom. The van der Waals surface area contributed by atoms with Gasteiger partial charge in [0.25, 0.3) is 0 Å². The molecule has 1 fully saturated rings. The number of phenolic OH excluding ortho intramolecular Hbond substituents is 1. The van der Waals surface area contributed by atoms with Crippen LogP contribution in [-0.2, 0) is 11.2 Å². The molecule has 0 radical (unpaired) electrons. The van der Waals surface area contributed by atoms with E-state index < -0.39 is 11.8 Å². The molecule has 0 aromatic heterocycles. The maximum atomic E-state index is 13.5. The molecule has 2 rings (SSSR count). The van der Waals surface area contributed by atoms with Crippen LogP contribution in [0.4, 0.5) is 4.39 Å². The van der Waals surface area contributed by atoms with Crippen LogP contribution in [0.15, 0.2) is 24.3 Å². The topological polar surface area (TPSA) is 29.5 Å². The number of para-hydroxylation sites is 1. The Hall–Kier alpha value is -1.09. The predicted octanol–water partition coefficient (Wildman–Crippen LogP) is 2.06. The summed E-state index contributed by atoms with van der Waals surface area (Å²) in [5.74, 6) is 0.207. The number of rotatable bonds is 2. The zero-order valence-electron chi connectivity index (χ0n) is 8.03. The van der Waals surface area contributed by atoms with Crippen molar-refractivity contribution in [1.82, 2.24) is 0 Å². The molecule has 2 nitrogen and oxygen atoms in total. The highest BCUT2D eigenvalue weighted by atomic mass is 19.1. The lowest BCUT2D eigenvalue weighted by molar-refractivity contribution is -0.186. The SMILES string of the molecule is CC1(F)COC1Cc1ccccc1O. The van der Waals surface area contributed by atoms with E-state index in [-0.39, 0.29) is 12.4 Å². The second kappa shape index (κ2) is 3.24. The van der Waals surface area contributed by atoms with E-state index in [4.69, 9.17) is 4.74 Å². The van der Waals surface area contributed by atoms with Gasteiger partial charge in [0.1, 0.15) is 5.75 Å². The second-order valence-electron chi connectivity index (χ2n) is 3.91. The van der Waals surface area contributed by atoms with Gasteiger partial charge < -0.3 is 9.84 Å². The fraction of sp³-hybridized carbons (Fsp3) is 0.455. The average Bonchev–Trinajstić information content (AvgIpc) is 2.15. The maximum Gasteiger partial charge on any atom is 0.157 e. The van der Waals surface area contributed by atoms with Crippen LogP contribution in [0.3, 0.4) is 0 Å². The average molecular weight is 196 g/mol. The van der Waals surface area contributed by atoms with Crippen LogP contribution in [0.5, 0.6) is 5.75 Å². The molecule has 0 amide bonds. The van der Waals surface area contributed by atoms with Gasteiger partial charge in [-0.25, -0.2) is 4.39 Å². The van der Waals surface area contributed by atoms with Gasteiger partial charge in [-0.15, -0.1) is 0 Å². The number of halogens is 1. The first-order chi connectivity index (χ1) is 6.59. The molecular weight excluding hydrogens is 183 g/mol. The largest absolute Gasteiger partial charge is 0.508 e. The molecule has 1 aromatic carbocycles. The summed E-state index contributed by atoms with van der Waals surface area (Å²) in [5.41, 5.74) is -0.511. The standard InChI is InChI=1S/C11H13FO2/c1-11(12)7-14-10(11)6-8-4-2-3-5-9(8)13/h2-5,10,13H,6-7H2,1H3. The summed E-state index contributed by atoms with van der Waals surface area (Å²) in [6, 6.07) is 6.95. The minimum Gasteiger partial charge on any atom is -0.508 e. The number of ether oxygens (including phenoxy) is 1. The van der Waals surface area contributed by atoms with Gasteiger partial charge in [-0.1, -0.05) is 18.2 Å². The number of alkyl halides is 1. The third-order valence-corrected chi connectivity index (χ3v) is 2.64. The van der Waals surface area contributed by atoms with Gasteiger partial charge in [0.15, 0.2) is 5.67 Å². The quantitative estimate of drug-likeness (QED) is 0.784. The Bertz CT molecular complexity index is 336. The van der Waals surface area contributed by atoms with Crippen molar-refractivity contribution in [1.29, 1.82) is 0 Å². The Morgan fingerprint density at radius 3 is 2.79 bits per heavy atom. The Balaban J connectivity index is 2.08. The molecule has 0 spiro atoms. The van der Waals surface area contributed by atoms with E-state index in [0.717, 1.165) is 5.56 Å². The number of hydrogen-bond donors (Lipinski definition) is 1. The molecular formula is C11H13FO2. The lowest BCUT2D eigenvalue weighted by Gasteiger charge is -2.40. The first-order valence-corrected chi connectivity index (χ1v) is 4.67. The molecule has 1 aliphatic heterocycles. The van der Waals surface area contributed by atoms with Crippen LogP contribution < -0.4 is 0 Å². The molecule has 1 N–H and O–H groups in total. The molecule has 1 aromatic rings. The molecule has 1 heterocycles. The van der Waals surface area contributed by atoms with Crippen molar-refractivity contribution in [2.75, 3.05) is 6.61 Å². The van der Waals surface area contributed by atoms with Crippen molar-refractivity contribution in [3.8, 4) is 5.75 Å². The van der Waals surface area contributed by atoms with E-state index in [9.17, 15) is 9.50 Å². The van der Waals surface area contributed by atoms with Gasteiger partial charge in [-0.2, -0.15) is 0 Å². The monoisotopic (exact) mass is 196 g/mol. The zero-order chi connectivity index (χ0) is 10.2. The van der Waals surface area contributed by atoms with Crippen LogP contribution >= 0.6 is 0 Å². The highest BCUT2D eigenvalue weighted by molar-refractivity contribution is 5.32. The van der Waals surface area contributed by atoms with Crippen LogP contribution in [0.2, 0.25) is 0 Å². The van der Waals surface area contributed by atoms with E-state index >= 15 is 0 Å². The predicted molar refractivity (Wildman–Crippen MR) is 51.1 cm³/mol. The van der Waals surface area contributed by atoms with Gasteiger partial charge in [-0.3, -0.25) is 0 Å². The van der Waals surface area contributed by atoms with E-state index in [1.807, 2.05) is 6.07 Å². The molecule has 0 bridgehead atoms. The number of hydrogen-bond acceptors (Lipinski definition) is 2. The fourth-order valence-corrected chi connectivity index (χ4v) is 1.59. The molecule has 1 aliphatic rings. The minimum absolute atomic E-state index is 0.158. The number of aromatic hydroxyl groups is 1. The van der Waals surface area contributed by atoms with Crippen LogP contribution in [-0.4, -0.2) is 23.5 Å². The Kier molecular flexibility index (Phi) is 2.19. The minimum atomic E-state index is -1.25. The summed E-state index contributed by atoms with van der Waals surface area (Å²) in [6.45, 7) is 1.69. The summed E-state index contributed by atoms with van der Waals surface area (Å²) in [7, 11) is 0. The summed E-state index contributed by atoms with van der Waals surface area (Å²) >= 11 is 0. The van der Waals surface area contributed by atoms with E-state index in [0.29, 0.717) is 6.42 Å². The lowest BCUT2D eigenvalue weighted by Crippen LogP contribution is -2.53. The van der Waals surface area contributed by atoms with Crippen molar-refractivity contribution < 1.29 is 14.2 Å². The van der Waals surface area contributed by atoms with Crippen molar-refractivity contribution in [3.63, 3.8) is 0 Å². The first kappa shape index (κ1) is 9.46. The smallest absolute Gasteiger partial charge is 0.157 e. The Labute approximate surface area is 82.3 Å². The number of benzene rings is 1. The zero-order valence-corrected chi connectivity index (χ0v) is 8.03. The van der Waals surface area contributed by atoms with Crippen molar-refractivity contribution >= 4 is 0 Å². The fourth-order valence-electron chi connectivity index (χ4n) is 1.59. The third kappa shape index (κ3) is 1.60. The van der Waals surface area contributed by atoms with Gasteiger partial charge in [0.2, 0.25) is 0 Å². The molecule has 14 heavy (non-hydrogen) atoms. The summed E-state index contributed by atoms with van der Waals surface area (Å²) in [5, 5.41) is 9.47. The Morgan fingerprint density at radius 1 is 1.57 bits per heavy atom. The molecule has 2 unspecified atom stereocenters. The lowest BCUT2D eigenvalue weighted by atomic mass is 9.91. The summed E-state index contributed by atoms with van der Waals surface area (Å²) in [4.78, 5) is 0. The van der Waals surface area contributed by atoms with Crippen LogP contribution in [0.1, 0.15) is 12.5 Å². The normalized spacial score (nSPS) is 31.1. The molecule has 2 atom stereocenters. The molecule has 0 aliphatic carbocycles. The van der Waals surface area contributed by atoms with E-state index in [1.165, 1.54) is 6.92 Å². The first-order valence-electron chi connectivity index (χ1n) is 4.67. The summed E-state index contributed by atoms with van der Waals surface area (Å²) in [6.07, 6.45) is 0.00968. The van der Waals surface area contributed by atoms with E-state index in [2.05, 4.69) is 0 Å². The van der Waals surface area contributed by atoms with Gasteiger partial charge in [0, 0.05) is 6.42 Å². The highest BCUT2D eigenvalue weighted by Gasteiger charge is 2.44. The van der Waals surface area contributed by atoms with Gasteiger partial charge in [-0.05, 0) is 18.6 Å². The third-order valence-electron chi connectivity index (χ3n) is 2.64. The van der Waals surface area contributed by atoms with E-state index in [1.54, 1.807) is 18.2 Å². The second-order valence-corrected chi connectivity index (χ2v) is 3.91. The molecule has 76 valence electrons. The molecule has 0 saturated carbocycles. The number of phenols is 1. The van der Waals surface area contributed by atoms with Crippen molar-refractivity contribution in [3.05, 3.63) is 29.8 Å².